The lowest BCUT2D eigenvalue weighted by Crippen LogP contribution is -2.26. The number of hydrogen-bond donors (Lipinski definition) is 1. The first-order valence-electron chi connectivity index (χ1n) is 7.30. The standard InChI is InChI=1S/C16H12Cl2F4N2O3/c1-7(27-14-11(18)12(23)10(17)13(19)24-14)15(25)26-6-8-2-4-9(5-3-8)16(20,21)22/h2-5,7H,6H2,1H3,(H2,23,24)/t7-/m1/s1. The maximum absolute atomic E-state index is 13.5. The monoisotopic (exact) mass is 426 g/mol. The van der Waals surface area contributed by atoms with Gasteiger partial charge in [-0.05, 0) is 24.6 Å². The van der Waals surface area contributed by atoms with Crippen LogP contribution in [0.1, 0.15) is 18.1 Å². The smallest absolute Gasteiger partial charge is 0.416 e. The molecule has 11 heteroatoms. The van der Waals surface area contributed by atoms with E-state index in [0.717, 1.165) is 12.1 Å². The Labute approximate surface area is 161 Å². The van der Waals surface area contributed by atoms with E-state index < -0.39 is 40.7 Å². The van der Waals surface area contributed by atoms with Crippen molar-refractivity contribution >= 4 is 34.9 Å². The molecule has 0 aliphatic carbocycles. The lowest BCUT2D eigenvalue weighted by atomic mass is 10.1. The van der Waals surface area contributed by atoms with Crippen molar-refractivity contribution in [3.63, 3.8) is 0 Å². The van der Waals surface area contributed by atoms with Gasteiger partial charge in [0.1, 0.15) is 16.7 Å². The van der Waals surface area contributed by atoms with Gasteiger partial charge in [0.25, 0.3) is 0 Å². The number of carbonyl (C=O) groups excluding carboxylic acids is 1. The Kier molecular flexibility index (Phi) is 6.38. The number of pyridine rings is 1. The lowest BCUT2D eigenvalue weighted by molar-refractivity contribution is -0.152. The number of carbonyl (C=O) groups is 1. The number of nitrogen functional groups attached to an aromatic ring is 1. The molecule has 2 aromatic rings. The Bertz CT molecular complexity index is 845. The summed E-state index contributed by atoms with van der Waals surface area (Å²) in [6.45, 7) is 0.999. The molecule has 0 amide bonds. The van der Waals surface area contributed by atoms with Crippen molar-refractivity contribution in [3.05, 3.63) is 51.4 Å². The summed E-state index contributed by atoms with van der Waals surface area (Å²) in [7, 11) is 0. The third kappa shape index (κ3) is 5.14. The molecule has 0 aliphatic rings. The van der Waals surface area contributed by atoms with Crippen LogP contribution < -0.4 is 10.5 Å². The molecule has 0 unspecified atom stereocenters. The fraction of sp³-hybridized carbons (Fsp3) is 0.250. The zero-order chi connectivity index (χ0) is 20.4. The molecule has 2 rings (SSSR count). The highest BCUT2D eigenvalue weighted by Crippen LogP contribution is 2.35. The summed E-state index contributed by atoms with van der Waals surface area (Å²) in [4.78, 5) is 15.3. The largest absolute Gasteiger partial charge is 0.461 e. The van der Waals surface area contributed by atoms with Crippen molar-refractivity contribution in [1.29, 1.82) is 0 Å². The van der Waals surface area contributed by atoms with Crippen molar-refractivity contribution in [1.82, 2.24) is 4.98 Å². The molecule has 0 aliphatic heterocycles. The van der Waals surface area contributed by atoms with E-state index in [-0.39, 0.29) is 17.3 Å². The Balaban J connectivity index is 1.98. The molecule has 0 bridgehead atoms. The molecule has 0 spiro atoms. The maximum Gasteiger partial charge on any atom is 0.416 e. The van der Waals surface area contributed by atoms with Gasteiger partial charge in [0, 0.05) is 0 Å². The van der Waals surface area contributed by atoms with E-state index in [9.17, 15) is 22.4 Å². The van der Waals surface area contributed by atoms with Crippen LogP contribution in [-0.2, 0) is 22.3 Å². The molecule has 1 aromatic carbocycles. The number of hydrogen-bond acceptors (Lipinski definition) is 5. The van der Waals surface area contributed by atoms with Crippen molar-refractivity contribution in [3.8, 4) is 5.88 Å². The second-order valence-corrected chi connectivity index (χ2v) is 6.07. The fourth-order valence-electron chi connectivity index (χ4n) is 1.87. The van der Waals surface area contributed by atoms with Gasteiger partial charge in [-0.2, -0.15) is 22.5 Å². The van der Waals surface area contributed by atoms with Gasteiger partial charge in [0.15, 0.2) is 6.10 Å². The SMILES string of the molecule is C[C@@H](Oc1nc(F)c(Cl)c(N)c1Cl)C(=O)OCc1ccc(C(F)(F)F)cc1. The van der Waals surface area contributed by atoms with E-state index in [0.29, 0.717) is 5.56 Å². The summed E-state index contributed by atoms with van der Waals surface area (Å²) in [6, 6.07) is 4.09. The van der Waals surface area contributed by atoms with Crippen LogP contribution in [0.25, 0.3) is 0 Å². The first-order valence-corrected chi connectivity index (χ1v) is 8.05. The third-order valence-electron chi connectivity index (χ3n) is 3.32. The molecule has 0 fully saturated rings. The highest BCUT2D eigenvalue weighted by molar-refractivity contribution is 6.39. The summed E-state index contributed by atoms with van der Waals surface area (Å²) in [5, 5.41) is -0.756. The average molecular weight is 427 g/mol. The van der Waals surface area contributed by atoms with Crippen LogP contribution in [-0.4, -0.2) is 17.1 Å². The Morgan fingerprint density at radius 1 is 1.22 bits per heavy atom. The lowest BCUT2D eigenvalue weighted by Gasteiger charge is -2.15. The first-order chi connectivity index (χ1) is 12.5. The molecule has 0 radical (unpaired) electrons. The molecule has 146 valence electrons. The average Bonchev–Trinajstić information content (AvgIpc) is 2.61. The van der Waals surface area contributed by atoms with Crippen LogP contribution >= 0.6 is 23.2 Å². The number of ether oxygens (including phenoxy) is 2. The van der Waals surface area contributed by atoms with E-state index in [4.69, 9.17) is 38.4 Å². The van der Waals surface area contributed by atoms with Gasteiger partial charge >= 0.3 is 12.1 Å². The molecule has 1 atom stereocenters. The van der Waals surface area contributed by atoms with Crippen molar-refractivity contribution in [2.24, 2.45) is 0 Å². The van der Waals surface area contributed by atoms with Crippen LogP contribution in [0.4, 0.5) is 23.2 Å². The molecule has 2 N–H and O–H groups in total. The zero-order valence-corrected chi connectivity index (χ0v) is 15.1. The number of rotatable bonds is 5. The minimum Gasteiger partial charge on any atom is -0.461 e. The predicted molar refractivity (Wildman–Crippen MR) is 90.0 cm³/mol. The van der Waals surface area contributed by atoms with Gasteiger partial charge < -0.3 is 15.2 Å². The van der Waals surface area contributed by atoms with Gasteiger partial charge in [-0.25, -0.2) is 4.79 Å². The summed E-state index contributed by atoms with van der Waals surface area (Å²) in [5.41, 5.74) is 4.71. The number of anilines is 1. The Hall–Kier alpha value is -2.26. The predicted octanol–water partition coefficient (Wildman–Crippen LogP) is 4.64. The second-order valence-electron chi connectivity index (χ2n) is 5.31. The van der Waals surface area contributed by atoms with Gasteiger partial charge in [-0.1, -0.05) is 35.3 Å². The first kappa shape index (κ1) is 21.0. The molecular formula is C16H12Cl2F4N2O3. The van der Waals surface area contributed by atoms with Gasteiger partial charge in [0.2, 0.25) is 11.8 Å². The van der Waals surface area contributed by atoms with E-state index in [2.05, 4.69) is 4.98 Å². The van der Waals surface area contributed by atoms with Crippen molar-refractivity contribution in [2.75, 3.05) is 5.73 Å². The molecule has 5 nitrogen and oxygen atoms in total. The minimum atomic E-state index is -4.46. The molecular weight excluding hydrogens is 415 g/mol. The summed E-state index contributed by atoms with van der Waals surface area (Å²) >= 11 is 11.4. The number of nitrogens with two attached hydrogens (primary N) is 1. The Morgan fingerprint density at radius 3 is 2.37 bits per heavy atom. The van der Waals surface area contributed by atoms with Gasteiger partial charge in [-0.3, -0.25) is 0 Å². The third-order valence-corrected chi connectivity index (χ3v) is 4.05. The summed E-state index contributed by atoms with van der Waals surface area (Å²) in [6.07, 6.45) is -5.70. The highest BCUT2D eigenvalue weighted by atomic mass is 35.5. The number of alkyl halides is 3. The van der Waals surface area contributed by atoms with E-state index >= 15 is 0 Å². The summed E-state index contributed by atoms with van der Waals surface area (Å²) < 4.78 is 61.1. The molecule has 27 heavy (non-hydrogen) atoms. The normalized spacial score (nSPS) is 12.6. The van der Waals surface area contributed by atoms with E-state index in [1.54, 1.807) is 0 Å². The van der Waals surface area contributed by atoms with Crippen LogP contribution in [0.2, 0.25) is 10.0 Å². The van der Waals surface area contributed by atoms with Crippen LogP contribution in [0, 0.1) is 5.95 Å². The maximum atomic E-state index is 13.5. The number of halogens is 6. The number of benzene rings is 1. The second kappa shape index (κ2) is 8.18. The molecule has 0 saturated carbocycles. The zero-order valence-electron chi connectivity index (χ0n) is 13.6. The topological polar surface area (TPSA) is 74.4 Å². The Morgan fingerprint density at radius 2 is 1.81 bits per heavy atom. The minimum absolute atomic E-state index is 0.274. The fourth-order valence-corrected chi connectivity index (χ4v) is 2.23. The van der Waals surface area contributed by atoms with Crippen molar-refractivity contribution in [2.45, 2.75) is 25.8 Å². The molecule has 0 saturated heterocycles. The number of esters is 1. The van der Waals surface area contributed by atoms with Crippen LogP contribution in [0.15, 0.2) is 24.3 Å². The van der Waals surface area contributed by atoms with E-state index in [1.807, 2.05) is 0 Å². The molecule has 1 aromatic heterocycles. The van der Waals surface area contributed by atoms with Gasteiger partial charge in [-0.15, -0.1) is 0 Å². The van der Waals surface area contributed by atoms with Crippen LogP contribution in [0.5, 0.6) is 5.88 Å². The quantitative estimate of drug-likeness (QED) is 0.428. The number of nitrogens with zero attached hydrogens (tertiary/aromatic N) is 1. The summed E-state index contributed by atoms with van der Waals surface area (Å²) in [5.74, 6) is -2.45. The molecule has 1 heterocycles. The van der Waals surface area contributed by atoms with Gasteiger partial charge in [0.05, 0.1) is 11.3 Å². The van der Waals surface area contributed by atoms with Crippen LogP contribution in [0.3, 0.4) is 0 Å². The number of aromatic nitrogens is 1. The van der Waals surface area contributed by atoms with Crippen molar-refractivity contribution < 1.29 is 31.8 Å². The van der Waals surface area contributed by atoms with E-state index in [1.165, 1.54) is 19.1 Å². The highest BCUT2D eigenvalue weighted by Gasteiger charge is 2.30.